The molecular formula is C28H20N2O. The summed E-state index contributed by atoms with van der Waals surface area (Å²) in [6, 6.07) is 28.6. The molecule has 1 heterocycles. The van der Waals surface area contributed by atoms with Crippen molar-refractivity contribution in [2.45, 2.75) is 13.3 Å². The van der Waals surface area contributed by atoms with E-state index in [1.807, 2.05) is 36.4 Å². The number of aryl methyl sites for hydroxylation is 1. The molecule has 0 unspecified atom stereocenters. The van der Waals surface area contributed by atoms with E-state index in [4.69, 9.17) is 9.97 Å². The van der Waals surface area contributed by atoms with Crippen molar-refractivity contribution < 1.29 is 5.11 Å². The lowest BCUT2D eigenvalue weighted by molar-refractivity contribution is 0.484. The van der Waals surface area contributed by atoms with E-state index in [-0.39, 0.29) is 5.75 Å². The zero-order valence-corrected chi connectivity index (χ0v) is 17.1. The van der Waals surface area contributed by atoms with Crippen LogP contribution >= 0.6 is 0 Å². The van der Waals surface area contributed by atoms with Crippen molar-refractivity contribution in [2.75, 3.05) is 0 Å². The van der Waals surface area contributed by atoms with Crippen molar-refractivity contribution >= 4 is 43.6 Å². The Labute approximate surface area is 179 Å². The maximum atomic E-state index is 11.3. The minimum absolute atomic E-state index is 0.252. The minimum Gasteiger partial charge on any atom is -0.507 e. The van der Waals surface area contributed by atoms with Gasteiger partial charge >= 0.3 is 0 Å². The minimum atomic E-state index is 0.252. The molecule has 0 aliphatic rings. The van der Waals surface area contributed by atoms with Gasteiger partial charge in [0.05, 0.1) is 22.1 Å². The molecule has 0 atom stereocenters. The average Bonchev–Trinajstić information content (AvgIpc) is 2.82. The van der Waals surface area contributed by atoms with E-state index >= 15 is 0 Å². The van der Waals surface area contributed by atoms with Gasteiger partial charge in [-0.2, -0.15) is 0 Å². The van der Waals surface area contributed by atoms with Crippen molar-refractivity contribution in [1.29, 1.82) is 0 Å². The number of rotatable bonds is 2. The van der Waals surface area contributed by atoms with Crippen LogP contribution in [0.15, 0.2) is 84.9 Å². The maximum absolute atomic E-state index is 11.3. The lowest BCUT2D eigenvalue weighted by atomic mass is 9.96. The Morgan fingerprint density at radius 2 is 1.26 bits per heavy atom. The van der Waals surface area contributed by atoms with E-state index in [0.717, 1.165) is 61.2 Å². The number of hydrogen-bond donors (Lipinski definition) is 1. The van der Waals surface area contributed by atoms with Crippen LogP contribution in [0.25, 0.3) is 54.7 Å². The van der Waals surface area contributed by atoms with Gasteiger partial charge in [0, 0.05) is 10.8 Å². The molecule has 6 aromatic rings. The number of aromatic hydroxyl groups is 1. The third kappa shape index (κ3) is 2.74. The summed E-state index contributed by atoms with van der Waals surface area (Å²) >= 11 is 0. The van der Waals surface area contributed by atoms with Crippen LogP contribution in [0.3, 0.4) is 0 Å². The first-order chi connectivity index (χ1) is 15.2. The highest BCUT2D eigenvalue weighted by molar-refractivity contribution is 6.16. The molecule has 0 aliphatic carbocycles. The van der Waals surface area contributed by atoms with Gasteiger partial charge in [0.2, 0.25) is 0 Å². The molecule has 31 heavy (non-hydrogen) atoms. The van der Waals surface area contributed by atoms with Gasteiger partial charge in [0.15, 0.2) is 0 Å². The van der Waals surface area contributed by atoms with Crippen LogP contribution in [0.4, 0.5) is 0 Å². The number of aromatic nitrogens is 2. The Morgan fingerprint density at radius 1 is 0.677 bits per heavy atom. The van der Waals surface area contributed by atoms with Gasteiger partial charge in [0.25, 0.3) is 0 Å². The number of phenols is 1. The van der Waals surface area contributed by atoms with Crippen molar-refractivity contribution in [1.82, 2.24) is 9.97 Å². The lowest BCUT2D eigenvalue weighted by Crippen LogP contribution is -1.94. The Hall–Kier alpha value is -3.98. The molecule has 0 saturated carbocycles. The normalized spacial score (nSPS) is 11.6. The second-order valence-corrected chi connectivity index (χ2v) is 7.93. The van der Waals surface area contributed by atoms with Gasteiger partial charge in [-0.05, 0) is 40.5 Å². The number of benzene rings is 5. The van der Waals surface area contributed by atoms with Crippen molar-refractivity contribution in [3.63, 3.8) is 0 Å². The van der Waals surface area contributed by atoms with Crippen LogP contribution in [-0.2, 0) is 6.42 Å². The highest BCUT2D eigenvalue weighted by Gasteiger charge is 2.18. The number of fused-ring (bicyclic) bond motifs is 5. The number of hydrogen-bond acceptors (Lipinski definition) is 3. The van der Waals surface area contributed by atoms with Gasteiger partial charge in [-0.1, -0.05) is 79.7 Å². The molecule has 0 aliphatic heterocycles. The standard InChI is InChI=1S/C28H20N2O/c1-2-17-11-13-18(14-12-17)25-27-26(21-9-5-6-10-22(21)28(25)31)29-23-15-19-7-3-4-8-20(19)16-24(23)30-27/h3-16,31H,2H2,1H3. The second-order valence-electron chi connectivity index (χ2n) is 7.93. The summed E-state index contributed by atoms with van der Waals surface area (Å²) in [6.45, 7) is 2.14. The predicted octanol–water partition coefficient (Wildman–Crippen LogP) is 7.02. The van der Waals surface area contributed by atoms with E-state index in [0.29, 0.717) is 0 Å². The fraction of sp³-hybridized carbons (Fsp3) is 0.0714. The van der Waals surface area contributed by atoms with Crippen LogP contribution < -0.4 is 0 Å². The lowest BCUT2D eigenvalue weighted by Gasteiger charge is -2.14. The van der Waals surface area contributed by atoms with Crippen molar-refractivity contribution in [3.05, 3.63) is 90.5 Å². The first-order valence-corrected chi connectivity index (χ1v) is 10.6. The third-order valence-corrected chi connectivity index (χ3v) is 6.09. The van der Waals surface area contributed by atoms with Gasteiger partial charge in [-0.3, -0.25) is 0 Å². The quantitative estimate of drug-likeness (QED) is 0.251. The van der Waals surface area contributed by atoms with Crippen molar-refractivity contribution in [2.24, 2.45) is 0 Å². The molecule has 0 saturated heterocycles. The fourth-order valence-electron chi connectivity index (χ4n) is 4.43. The van der Waals surface area contributed by atoms with Gasteiger partial charge < -0.3 is 5.11 Å². The molecule has 6 rings (SSSR count). The first kappa shape index (κ1) is 17.8. The molecule has 0 bridgehead atoms. The van der Waals surface area contributed by atoms with E-state index in [9.17, 15) is 5.11 Å². The summed E-state index contributed by atoms with van der Waals surface area (Å²) in [6.07, 6.45) is 0.974. The van der Waals surface area contributed by atoms with E-state index in [1.54, 1.807) is 0 Å². The molecule has 0 spiro atoms. The molecular weight excluding hydrogens is 380 g/mol. The second kappa shape index (κ2) is 6.78. The molecule has 3 nitrogen and oxygen atoms in total. The molecule has 0 fully saturated rings. The predicted molar refractivity (Wildman–Crippen MR) is 129 cm³/mol. The Kier molecular flexibility index (Phi) is 3.90. The molecule has 5 aromatic carbocycles. The fourth-order valence-corrected chi connectivity index (χ4v) is 4.43. The summed E-state index contributed by atoms with van der Waals surface area (Å²) < 4.78 is 0. The maximum Gasteiger partial charge on any atom is 0.133 e. The zero-order valence-electron chi connectivity index (χ0n) is 17.1. The SMILES string of the molecule is CCc1ccc(-c2c(O)c3ccccc3c3nc4cc5ccccc5cc4nc23)cc1. The molecule has 3 heteroatoms. The largest absolute Gasteiger partial charge is 0.507 e. The van der Waals surface area contributed by atoms with E-state index in [2.05, 4.69) is 55.5 Å². The summed E-state index contributed by atoms with van der Waals surface area (Å²) in [4.78, 5) is 10.1. The topological polar surface area (TPSA) is 46.0 Å². The van der Waals surface area contributed by atoms with E-state index < -0.39 is 0 Å². The smallest absolute Gasteiger partial charge is 0.133 e. The van der Waals surface area contributed by atoms with Crippen LogP contribution in [0.1, 0.15) is 12.5 Å². The van der Waals surface area contributed by atoms with Crippen LogP contribution in [0.2, 0.25) is 0 Å². The average molecular weight is 400 g/mol. The molecule has 148 valence electrons. The van der Waals surface area contributed by atoms with Crippen molar-refractivity contribution in [3.8, 4) is 16.9 Å². The van der Waals surface area contributed by atoms with Gasteiger partial charge in [-0.25, -0.2) is 9.97 Å². The molecule has 1 N–H and O–H groups in total. The highest BCUT2D eigenvalue weighted by atomic mass is 16.3. The molecule has 1 aromatic heterocycles. The zero-order chi connectivity index (χ0) is 20.9. The van der Waals surface area contributed by atoms with Gasteiger partial charge in [0.1, 0.15) is 11.3 Å². The third-order valence-electron chi connectivity index (χ3n) is 6.09. The van der Waals surface area contributed by atoms with Crippen LogP contribution in [-0.4, -0.2) is 15.1 Å². The Balaban J connectivity index is 1.78. The summed E-state index contributed by atoms with van der Waals surface area (Å²) in [5.41, 5.74) is 6.16. The Bertz CT molecular complexity index is 1620. The first-order valence-electron chi connectivity index (χ1n) is 10.6. The molecule has 0 radical (unpaired) electrons. The number of nitrogens with zero attached hydrogens (tertiary/aromatic N) is 2. The van der Waals surface area contributed by atoms with Crippen LogP contribution in [0, 0.1) is 0 Å². The summed E-state index contributed by atoms with van der Waals surface area (Å²) in [5, 5.41) is 15.3. The van der Waals surface area contributed by atoms with Crippen LogP contribution in [0.5, 0.6) is 5.75 Å². The Morgan fingerprint density at radius 3 is 1.90 bits per heavy atom. The summed E-state index contributed by atoms with van der Waals surface area (Å²) in [5.74, 6) is 0.252. The number of phenolic OH excluding ortho intramolecular Hbond substituents is 1. The summed E-state index contributed by atoms with van der Waals surface area (Å²) in [7, 11) is 0. The molecule has 0 amide bonds. The van der Waals surface area contributed by atoms with E-state index in [1.165, 1.54) is 5.56 Å². The highest BCUT2D eigenvalue weighted by Crippen LogP contribution is 2.42. The van der Waals surface area contributed by atoms with Gasteiger partial charge in [-0.15, -0.1) is 0 Å². The monoisotopic (exact) mass is 400 g/mol.